The van der Waals surface area contributed by atoms with Crippen molar-refractivity contribution in [1.82, 2.24) is 9.29 Å². The van der Waals surface area contributed by atoms with Crippen LogP contribution in [0.3, 0.4) is 0 Å². The van der Waals surface area contributed by atoms with E-state index in [0.717, 1.165) is 18.5 Å². The molecule has 0 aromatic carbocycles. The monoisotopic (exact) mass is 285 g/mol. The van der Waals surface area contributed by atoms with Gasteiger partial charge in [-0.2, -0.15) is 0 Å². The third-order valence-corrected chi connectivity index (χ3v) is 5.19. The van der Waals surface area contributed by atoms with Gasteiger partial charge in [-0.1, -0.05) is 13.3 Å². The minimum atomic E-state index is -3.41. The fourth-order valence-corrected chi connectivity index (χ4v) is 3.77. The molecule has 2 rings (SSSR count). The number of aromatic nitrogens is 1. The molecule has 1 heterocycles. The van der Waals surface area contributed by atoms with Gasteiger partial charge in [-0.15, -0.1) is 0 Å². The SMILES string of the molecule is CCC1CC1NS(=O)(=O)c1cc(CN)n(C(C)C)c1. The molecule has 0 saturated heterocycles. The lowest BCUT2D eigenvalue weighted by Crippen LogP contribution is -2.26. The first-order valence-electron chi connectivity index (χ1n) is 6.82. The fourth-order valence-electron chi connectivity index (χ4n) is 2.40. The number of nitrogens with two attached hydrogens (primary N) is 1. The number of hydrogen-bond acceptors (Lipinski definition) is 3. The van der Waals surface area contributed by atoms with Crippen LogP contribution in [-0.2, 0) is 16.6 Å². The van der Waals surface area contributed by atoms with Crippen molar-refractivity contribution < 1.29 is 8.42 Å². The second kappa shape index (κ2) is 5.26. The molecule has 1 saturated carbocycles. The molecule has 0 amide bonds. The first-order valence-corrected chi connectivity index (χ1v) is 8.30. The van der Waals surface area contributed by atoms with Gasteiger partial charge in [-0.25, -0.2) is 13.1 Å². The van der Waals surface area contributed by atoms with E-state index in [4.69, 9.17) is 5.73 Å². The highest BCUT2D eigenvalue weighted by Gasteiger charge is 2.38. The fraction of sp³-hybridized carbons (Fsp3) is 0.692. The van der Waals surface area contributed by atoms with E-state index in [9.17, 15) is 8.42 Å². The van der Waals surface area contributed by atoms with E-state index < -0.39 is 10.0 Å². The molecule has 3 N–H and O–H groups in total. The Bertz CT molecular complexity index is 548. The topological polar surface area (TPSA) is 77.1 Å². The molecule has 1 fully saturated rings. The summed E-state index contributed by atoms with van der Waals surface area (Å²) in [4.78, 5) is 0.323. The van der Waals surface area contributed by atoms with E-state index in [1.807, 2.05) is 18.4 Å². The van der Waals surface area contributed by atoms with E-state index in [1.165, 1.54) is 0 Å². The molecule has 6 heteroatoms. The number of nitrogens with one attached hydrogen (secondary N) is 1. The summed E-state index contributed by atoms with van der Waals surface area (Å²) in [6, 6.07) is 1.98. The molecule has 2 atom stereocenters. The van der Waals surface area contributed by atoms with Crippen LogP contribution in [0, 0.1) is 5.92 Å². The summed E-state index contributed by atoms with van der Waals surface area (Å²) in [5.74, 6) is 0.496. The lowest BCUT2D eigenvalue weighted by Gasteiger charge is -2.10. The predicted octanol–water partition coefficient (Wildman–Crippen LogP) is 1.60. The molecule has 19 heavy (non-hydrogen) atoms. The molecule has 0 bridgehead atoms. The Morgan fingerprint density at radius 2 is 2.21 bits per heavy atom. The molecule has 5 nitrogen and oxygen atoms in total. The van der Waals surface area contributed by atoms with Crippen molar-refractivity contribution in [1.29, 1.82) is 0 Å². The van der Waals surface area contributed by atoms with Gasteiger partial charge in [-0.3, -0.25) is 0 Å². The molecule has 0 radical (unpaired) electrons. The summed E-state index contributed by atoms with van der Waals surface area (Å²) >= 11 is 0. The lowest BCUT2D eigenvalue weighted by molar-refractivity contribution is 0.567. The van der Waals surface area contributed by atoms with Crippen LogP contribution in [0.5, 0.6) is 0 Å². The Kier molecular flexibility index (Phi) is 4.03. The van der Waals surface area contributed by atoms with Gasteiger partial charge in [0.15, 0.2) is 0 Å². The van der Waals surface area contributed by atoms with E-state index in [1.54, 1.807) is 12.3 Å². The summed E-state index contributed by atoms with van der Waals surface area (Å²) in [6.07, 6.45) is 3.65. The maximum atomic E-state index is 12.3. The van der Waals surface area contributed by atoms with Crippen molar-refractivity contribution in [3.63, 3.8) is 0 Å². The maximum absolute atomic E-state index is 12.3. The minimum absolute atomic E-state index is 0.110. The van der Waals surface area contributed by atoms with Gasteiger partial charge in [-0.05, 0) is 32.3 Å². The summed E-state index contributed by atoms with van der Waals surface area (Å²) in [6.45, 7) is 6.45. The third kappa shape index (κ3) is 3.01. The molecule has 1 aliphatic carbocycles. The van der Waals surface area contributed by atoms with Crippen LogP contribution in [0.4, 0.5) is 0 Å². The second-order valence-electron chi connectivity index (χ2n) is 5.50. The molecular formula is C13H23N3O2S. The summed E-state index contributed by atoms with van der Waals surface area (Å²) in [5.41, 5.74) is 6.51. The molecule has 2 unspecified atom stereocenters. The average Bonchev–Trinajstić information content (AvgIpc) is 2.92. The summed E-state index contributed by atoms with van der Waals surface area (Å²) < 4.78 is 29.3. The zero-order valence-corrected chi connectivity index (χ0v) is 12.6. The first kappa shape index (κ1) is 14.6. The largest absolute Gasteiger partial charge is 0.346 e. The highest BCUT2D eigenvalue weighted by Crippen LogP contribution is 2.34. The Morgan fingerprint density at radius 1 is 1.53 bits per heavy atom. The summed E-state index contributed by atoms with van der Waals surface area (Å²) in [7, 11) is -3.41. The molecule has 0 aliphatic heterocycles. The van der Waals surface area contributed by atoms with Gasteiger partial charge in [0.25, 0.3) is 0 Å². The Hall–Kier alpha value is -0.850. The number of sulfonamides is 1. The maximum Gasteiger partial charge on any atom is 0.242 e. The van der Waals surface area contributed by atoms with Crippen LogP contribution in [0.1, 0.15) is 45.3 Å². The van der Waals surface area contributed by atoms with Crippen molar-refractivity contribution in [2.45, 2.75) is 57.1 Å². The molecule has 1 aromatic rings. The Labute approximate surface area is 115 Å². The molecule has 1 aliphatic rings. The second-order valence-corrected chi connectivity index (χ2v) is 7.22. The van der Waals surface area contributed by atoms with Crippen molar-refractivity contribution in [2.24, 2.45) is 11.7 Å². The van der Waals surface area contributed by atoms with Gasteiger partial charge >= 0.3 is 0 Å². The van der Waals surface area contributed by atoms with Crippen molar-refractivity contribution >= 4 is 10.0 Å². The lowest BCUT2D eigenvalue weighted by atomic mass is 10.3. The molecular weight excluding hydrogens is 262 g/mol. The van der Waals surface area contributed by atoms with E-state index in [-0.39, 0.29) is 12.1 Å². The first-order chi connectivity index (χ1) is 8.89. The van der Waals surface area contributed by atoms with Crippen LogP contribution in [0.2, 0.25) is 0 Å². The van der Waals surface area contributed by atoms with Crippen LogP contribution in [-0.4, -0.2) is 19.0 Å². The minimum Gasteiger partial charge on any atom is -0.346 e. The quantitative estimate of drug-likeness (QED) is 0.833. The van der Waals surface area contributed by atoms with Crippen LogP contribution in [0.25, 0.3) is 0 Å². The molecule has 0 spiro atoms. The summed E-state index contributed by atoms with van der Waals surface area (Å²) in [5, 5.41) is 0. The number of rotatable bonds is 6. The zero-order valence-electron chi connectivity index (χ0n) is 11.8. The molecule has 1 aromatic heterocycles. The Morgan fingerprint density at radius 3 is 2.63 bits per heavy atom. The van der Waals surface area contributed by atoms with Gasteiger partial charge in [0.1, 0.15) is 0 Å². The van der Waals surface area contributed by atoms with Crippen LogP contribution in [0.15, 0.2) is 17.2 Å². The van der Waals surface area contributed by atoms with Gasteiger partial charge in [0, 0.05) is 30.5 Å². The smallest absolute Gasteiger partial charge is 0.242 e. The number of nitrogens with zero attached hydrogens (tertiary/aromatic N) is 1. The van der Waals surface area contributed by atoms with Crippen LogP contribution >= 0.6 is 0 Å². The van der Waals surface area contributed by atoms with E-state index in [0.29, 0.717) is 17.4 Å². The highest BCUT2D eigenvalue weighted by atomic mass is 32.2. The zero-order chi connectivity index (χ0) is 14.2. The Balaban J connectivity index is 2.21. The van der Waals surface area contributed by atoms with Gasteiger partial charge < -0.3 is 10.3 Å². The average molecular weight is 285 g/mol. The van der Waals surface area contributed by atoms with Crippen molar-refractivity contribution in [3.05, 3.63) is 18.0 Å². The third-order valence-electron chi connectivity index (χ3n) is 3.74. The van der Waals surface area contributed by atoms with Gasteiger partial charge in [0.2, 0.25) is 10.0 Å². The van der Waals surface area contributed by atoms with Crippen molar-refractivity contribution in [3.8, 4) is 0 Å². The van der Waals surface area contributed by atoms with E-state index >= 15 is 0 Å². The predicted molar refractivity (Wildman–Crippen MR) is 75.2 cm³/mol. The standard InChI is InChI=1S/C13H23N3O2S/c1-4-10-5-13(10)15-19(17,18)12-6-11(7-14)16(8-12)9(2)3/h6,8-10,13,15H,4-5,7,14H2,1-3H3. The highest BCUT2D eigenvalue weighted by molar-refractivity contribution is 7.89. The van der Waals surface area contributed by atoms with E-state index in [2.05, 4.69) is 11.6 Å². The number of hydrogen-bond donors (Lipinski definition) is 2. The van der Waals surface area contributed by atoms with Crippen molar-refractivity contribution in [2.75, 3.05) is 0 Å². The van der Waals surface area contributed by atoms with Crippen LogP contribution < -0.4 is 10.5 Å². The van der Waals surface area contributed by atoms with Gasteiger partial charge in [0.05, 0.1) is 4.90 Å². The molecule has 108 valence electrons. The normalized spacial score (nSPS) is 23.0.